The van der Waals surface area contributed by atoms with Crippen molar-refractivity contribution >= 4 is 33.3 Å². The van der Waals surface area contributed by atoms with Gasteiger partial charge in [-0.05, 0) is 54.6 Å². The topological polar surface area (TPSA) is 78.2 Å². The third-order valence-electron chi connectivity index (χ3n) is 5.73. The van der Waals surface area contributed by atoms with E-state index in [4.69, 9.17) is 4.99 Å². The minimum atomic E-state index is -0.375. The van der Waals surface area contributed by atoms with Gasteiger partial charge in [-0.2, -0.15) is 0 Å². The Hall–Kier alpha value is -3.97. The standard InChI is InChI=1S/C26H24FN5O/c1-3-28-14-16-4-8-19(9-5-16)30-25(17-6-11-23-22(12-17)29-15-32(23)2)24-20-10-7-18(27)13-21(20)31-26(24)33/h4-13,15,28,31,33H,3,14H2,1-2H3. The van der Waals surface area contributed by atoms with Gasteiger partial charge in [0.05, 0.1) is 39.8 Å². The Morgan fingerprint density at radius 2 is 1.94 bits per heavy atom. The van der Waals surface area contributed by atoms with E-state index < -0.39 is 0 Å². The molecule has 0 aliphatic carbocycles. The van der Waals surface area contributed by atoms with Crippen molar-refractivity contribution in [3.05, 3.63) is 89.5 Å². The number of nitrogens with one attached hydrogen (secondary N) is 2. The van der Waals surface area contributed by atoms with E-state index in [0.29, 0.717) is 22.2 Å². The van der Waals surface area contributed by atoms with Gasteiger partial charge in [0.15, 0.2) is 5.88 Å². The van der Waals surface area contributed by atoms with Crippen molar-refractivity contribution in [2.24, 2.45) is 12.0 Å². The maximum Gasteiger partial charge on any atom is 0.199 e. The molecular weight excluding hydrogens is 417 g/mol. The molecule has 166 valence electrons. The van der Waals surface area contributed by atoms with E-state index >= 15 is 0 Å². The van der Waals surface area contributed by atoms with Gasteiger partial charge in [-0.1, -0.05) is 25.1 Å². The molecule has 0 saturated carbocycles. The smallest absolute Gasteiger partial charge is 0.199 e. The summed E-state index contributed by atoms with van der Waals surface area (Å²) in [6, 6.07) is 18.3. The first kappa shape index (κ1) is 20.9. The average molecular weight is 442 g/mol. The van der Waals surface area contributed by atoms with Crippen molar-refractivity contribution in [2.75, 3.05) is 6.54 Å². The fraction of sp³-hybridized carbons (Fsp3) is 0.154. The Bertz CT molecular complexity index is 1480. The van der Waals surface area contributed by atoms with Gasteiger partial charge in [-0.25, -0.2) is 14.4 Å². The predicted octanol–water partition coefficient (Wildman–Crippen LogP) is 5.18. The summed E-state index contributed by atoms with van der Waals surface area (Å²) in [5.41, 5.74) is 6.16. The summed E-state index contributed by atoms with van der Waals surface area (Å²) in [4.78, 5) is 12.3. The van der Waals surface area contributed by atoms with Crippen molar-refractivity contribution < 1.29 is 9.50 Å². The van der Waals surface area contributed by atoms with Crippen molar-refractivity contribution in [1.82, 2.24) is 19.9 Å². The highest BCUT2D eigenvalue weighted by Gasteiger charge is 2.20. The molecule has 0 spiro atoms. The van der Waals surface area contributed by atoms with Crippen molar-refractivity contribution in [3.8, 4) is 5.88 Å². The van der Waals surface area contributed by atoms with Crippen LogP contribution in [0.15, 0.2) is 72.0 Å². The van der Waals surface area contributed by atoms with Gasteiger partial charge in [0.2, 0.25) is 0 Å². The highest BCUT2D eigenvalue weighted by Crippen LogP contribution is 2.32. The van der Waals surface area contributed by atoms with Crippen LogP contribution in [0.1, 0.15) is 23.6 Å². The molecule has 5 rings (SSSR count). The number of rotatable bonds is 6. The second-order valence-corrected chi connectivity index (χ2v) is 8.00. The first-order valence-electron chi connectivity index (χ1n) is 10.8. The quantitative estimate of drug-likeness (QED) is 0.318. The molecule has 0 unspecified atom stereocenters. The Balaban J connectivity index is 1.68. The van der Waals surface area contributed by atoms with Gasteiger partial charge < -0.3 is 20.0 Å². The maximum absolute atomic E-state index is 13.8. The number of fused-ring (bicyclic) bond motifs is 2. The first-order chi connectivity index (χ1) is 16.0. The Labute approximate surface area is 190 Å². The molecule has 3 aromatic carbocycles. The highest BCUT2D eigenvalue weighted by atomic mass is 19.1. The molecule has 0 aliphatic heterocycles. The number of H-pyrrole nitrogens is 1. The number of aliphatic imine (C=N–C) groups is 1. The molecule has 0 aliphatic rings. The van der Waals surface area contributed by atoms with Gasteiger partial charge >= 0.3 is 0 Å². The molecule has 0 saturated heterocycles. The number of aryl methyl sites for hydroxylation is 1. The monoisotopic (exact) mass is 441 g/mol. The summed E-state index contributed by atoms with van der Waals surface area (Å²) in [5, 5.41) is 14.8. The summed E-state index contributed by atoms with van der Waals surface area (Å²) in [7, 11) is 1.94. The van der Waals surface area contributed by atoms with Gasteiger partial charge in [0, 0.05) is 24.5 Å². The van der Waals surface area contributed by atoms with Crippen molar-refractivity contribution in [3.63, 3.8) is 0 Å². The fourth-order valence-electron chi connectivity index (χ4n) is 4.03. The van der Waals surface area contributed by atoms with E-state index in [9.17, 15) is 9.50 Å². The fourth-order valence-corrected chi connectivity index (χ4v) is 4.03. The number of hydrogen-bond donors (Lipinski definition) is 3. The van der Waals surface area contributed by atoms with Crippen LogP contribution < -0.4 is 5.32 Å². The predicted molar refractivity (Wildman–Crippen MR) is 130 cm³/mol. The summed E-state index contributed by atoms with van der Waals surface area (Å²) >= 11 is 0. The average Bonchev–Trinajstić information content (AvgIpc) is 3.35. The molecular formula is C26H24FN5O. The number of nitrogens with zero attached hydrogens (tertiary/aromatic N) is 3. The number of aromatic nitrogens is 3. The molecule has 7 heteroatoms. The van der Waals surface area contributed by atoms with Crippen molar-refractivity contribution in [2.45, 2.75) is 13.5 Å². The summed E-state index contributed by atoms with van der Waals surface area (Å²) < 4.78 is 15.8. The van der Waals surface area contributed by atoms with Crippen LogP contribution in [0.2, 0.25) is 0 Å². The molecule has 6 nitrogen and oxygen atoms in total. The molecule has 0 fully saturated rings. The molecule has 0 atom stereocenters. The van der Waals surface area contributed by atoms with Crippen LogP contribution in [0.5, 0.6) is 5.88 Å². The number of aromatic hydroxyl groups is 1. The van der Waals surface area contributed by atoms with E-state index in [0.717, 1.165) is 40.9 Å². The zero-order valence-corrected chi connectivity index (χ0v) is 18.4. The lowest BCUT2D eigenvalue weighted by atomic mass is 10.00. The molecule has 2 aromatic heterocycles. The van der Waals surface area contributed by atoms with Crippen LogP contribution in [0.3, 0.4) is 0 Å². The lowest BCUT2D eigenvalue weighted by Gasteiger charge is -2.09. The zero-order chi connectivity index (χ0) is 22.9. The van der Waals surface area contributed by atoms with Crippen LogP contribution >= 0.6 is 0 Å². The number of halogens is 1. The van der Waals surface area contributed by atoms with Crippen LogP contribution in [0.4, 0.5) is 10.1 Å². The van der Waals surface area contributed by atoms with Crippen LogP contribution in [-0.4, -0.2) is 31.9 Å². The van der Waals surface area contributed by atoms with E-state index in [2.05, 4.69) is 22.2 Å². The van der Waals surface area contributed by atoms with Crippen LogP contribution in [-0.2, 0) is 13.6 Å². The Morgan fingerprint density at radius 1 is 1.12 bits per heavy atom. The Kier molecular flexibility index (Phi) is 5.40. The number of benzene rings is 3. The third-order valence-corrected chi connectivity index (χ3v) is 5.73. The maximum atomic E-state index is 13.8. The SMILES string of the molecule is CCNCc1ccc(N=C(c2ccc3c(c2)ncn3C)c2c(O)[nH]c3cc(F)ccc23)cc1. The number of aromatic amines is 1. The lowest BCUT2D eigenvalue weighted by Crippen LogP contribution is -2.11. The zero-order valence-electron chi connectivity index (χ0n) is 18.4. The molecule has 0 bridgehead atoms. The van der Waals surface area contributed by atoms with Gasteiger partial charge in [-0.15, -0.1) is 0 Å². The van der Waals surface area contributed by atoms with E-state index in [-0.39, 0.29) is 11.7 Å². The summed E-state index contributed by atoms with van der Waals surface area (Å²) in [6.45, 7) is 3.77. The number of hydrogen-bond acceptors (Lipinski definition) is 4. The minimum absolute atomic E-state index is 0.0563. The lowest BCUT2D eigenvalue weighted by molar-refractivity contribution is 0.457. The molecule has 3 N–H and O–H groups in total. The minimum Gasteiger partial charge on any atom is -0.494 e. The first-order valence-corrected chi connectivity index (χ1v) is 10.8. The van der Waals surface area contributed by atoms with Crippen molar-refractivity contribution in [1.29, 1.82) is 0 Å². The highest BCUT2D eigenvalue weighted by molar-refractivity contribution is 6.22. The van der Waals surface area contributed by atoms with Crippen LogP contribution in [0.25, 0.3) is 21.9 Å². The normalized spacial score (nSPS) is 12.2. The summed E-state index contributed by atoms with van der Waals surface area (Å²) in [6.07, 6.45) is 1.76. The molecule has 5 aromatic rings. The largest absolute Gasteiger partial charge is 0.494 e. The second kappa shape index (κ2) is 8.52. The molecule has 0 amide bonds. The molecule has 0 radical (unpaired) electrons. The van der Waals surface area contributed by atoms with Gasteiger partial charge in [0.25, 0.3) is 0 Å². The van der Waals surface area contributed by atoms with E-state index in [1.165, 1.54) is 12.1 Å². The van der Waals surface area contributed by atoms with Crippen LogP contribution in [0, 0.1) is 5.82 Å². The number of imidazole rings is 1. The van der Waals surface area contributed by atoms with E-state index in [1.807, 2.05) is 54.1 Å². The summed E-state index contributed by atoms with van der Waals surface area (Å²) in [5.74, 6) is -0.431. The van der Waals surface area contributed by atoms with Gasteiger partial charge in [0.1, 0.15) is 5.82 Å². The third kappa shape index (κ3) is 3.99. The Morgan fingerprint density at radius 3 is 2.73 bits per heavy atom. The van der Waals surface area contributed by atoms with E-state index in [1.54, 1.807) is 12.4 Å². The second-order valence-electron chi connectivity index (χ2n) is 8.00. The molecule has 2 heterocycles. The molecule has 33 heavy (non-hydrogen) atoms. The van der Waals surface area contributed by atoms with Gasteiger partial charge in [-0.3, -0.25) is 0 Å².